The summed E-state index contributed by atoms with van der Waals surface area (Å²) < 4.78 is 38.8. The summed E-state index contributed by atoms with van der Waals surface area (Å²) in [4.78, 5) is 25.6. The Kier molecular flexibility index (Phi) is 7.44. The number of hydrogen-bond donors (Lipinski definition) is 2. The number of anilines is 2. The van der Waals surface area contributed by atoms with Crippen molar-refractivity contribution in [3.05, 3.63) is 95.8 Å². The molecule has 0 aliphatic carbocycles. The molecule has 0 fully saturated rings. The van der Waals surface area contributed by atoms with Crippen LogP contribution in [-0.4, -0.2) is 33.0 Å². The van der Waals surface area contributed by atoms with Crippen LogP contribution in [0.3, 0.4) is 0 Å². The van der Waals surface area contributed by atoms with Crippen molar-refractivity contribution in [1.29, 1.82) is 0 Å². The van der Waals surface area contributed by atoms with Crippen LogP contribution >= 0.6 is 0 Å². The van der Waals surface area contributed by atoms with E-state index in [1.165, 1.54) is 18.2 Å². The Morgan fingerprint density at radius 3 is 2.30 bits per heavy atom. The van der Waals surface area contributed by atoms with Gasteiger partial charge in [-0.2, -0.15) is 0 Å². The van der Waals surface area contributed by atoms with Crippen LogP contribution in [0, 0.1) is 5.82 Å². The van der Waals surface area contributed by atoms with E-state index >= 15 is 0 Å². The van der Waals surface area contributed by atoms with Crippen LogP contribution in [0.2, 0.25) is 0 Å². The zero-order chi connectivity index (χ0) is 24.0. The molecular formula is C24H24FN3O4S. The standard InChI is InChI=1S/C24H24FN3O4S/c1-17(18-9-4-3-5-10-18)26-24(30)21-13-6-7-14-22(21)27-23(29)16-28(33(2,31)32)20-12-8-11-19(25)15-20/h3-15,17H,16H2,1-2H3,(H,26,30)(H,27,29)/t17-/m1/s1. The number of amides is 2. The first kappa shape index (κ1) is 23.9. The van der Waals surface area contributed by atoms with E-state index in [9.17, 15) is 22.4 Å². The molecule has 7 nitrogen and oxygen atoms in total. The lowest BCUT2D eigenvalue weighted by Crippen LogP contribution is -2.38. The maximum absolute atomic E-state index is 13.6. The van der Waals surface area contributed by atoms with Crippen LogP contribution in [0.5, 0.6) is 0 Å². The summed E-state index contributed by atoms with van der Waals surface area (Å²) in [5.74, 6) is -1.70. The van der Waals surface area contributed by atoms with E-state index in [2.05, 4.69) is 10.6 Å². The third-order valence-corrected chi connectivity index (χ3v) is 6.02. The predicted octanol–water partition coefficient (Wildman–Crippen LogP) is 3.72. The smallest absolute Gasteiger partial charge is 0.253 e. The second kappa shape index (κ2) is 10.3. The van der Waals surface area contributed by atoms with E-state index in [4.69, 9.17) is 0 Å². The molecule has 1 atom stereocenters. The number of carbonyl (C=O) groups excluding carboxylic acids is 2. The predicted molar refractivity (Wildman–Crippen MR) is 126 cm³/mol. The number of nitrogens with one attached hydrogen (secondary N) is 2. The molecule has 33 heavy (non-hydrogen) atoms. The molecule has 9 heteroatoms. The maximum Gasteiger partial charge on any atom is 0.253 e. The van der Waals surface area contributed by atoms with Gasteiger partial charge in [0, 0.05) is 0 Å². The summed E-state index contributed by atoms with van der Waals surface area (Å²) in [7, 11) is -3.87. The largest absolute Gasteiger partial charge is 0.345 e. The summed E-state index contributed by atoms with van der Waals surface area (Å²) >= 11 is 0. The number of hydrogen-bond acceptors (Lipinski definition) is 4. The van der Waals surface area contributed by atoms with E-state index in [-0.39, 0.29) is 23.0 Å². The highest BCUT2D eigenvalue weighted by molar-refractivity contribution is 7.92. The number of halogens is 1. The number of carbonyl (C=O) groups is 2. The highest BCUT2D eigenvalue weighted by Gasteiger charge is 2.22. The van der Waals surface area contributed by atoms with Gasteiger partial charge in [0.25, 0.3) is 5.91 Å². The molecule has 172 valence electrons. The lowest BCUT2D eigenvalue weighted by atomic mass is 10.1. The Hall–Kier alpha value is -3.72. The Morgan fingerprint density at radius 2 is 1.64 bits per heavy atom. The fraction of sp³-hybridized carbons (Fsp3) is 0.167. The van der Waals surface area contributed by atoms with Crippen LogP contribution in [0.1, 0.15) is 28.9 Å². The molecule has 3 rings (SSSR count). The molecule has 3 aromatic rings. The fourth-order valence-corrected chi connectivity index (χ4v) is 4.09. The van der Waals surface area contributed by atoms with Crippen LogP contribution < -0.4 is 14.9 Å². The van der Waals surface area contributed by atoms with Crippen molar-refractivity contribution >= 4 is 33.2 Å². The summed E-state index contributed by atoms with van der Waals surface area (Å²) in [5.41, 5.74) is 1.40. The summed E-state index contributed by atoms with van der Waals surface area (Å²) in [6, 6.07) is 20.5. The van der Waals surface area contributed by atoms with E-state index < -0.39 is 34.2 Å². The van der Waals surface area contributed by atoms with Gasteiger partial charge in [-0.05, 0) is 42.8 Å². The minimum Gasteiger partial charge on any atom is -0.345 e. The SMILES string of the molecule is C[C@@H](NC(=O)c1ccccc1NC(=O)CN(c1cccc(F)c1)S(C)(=O)=O)c1ccccc1. The fourth-order valence-electron chi connectivity index (χ4n) is 3.24. The van der Waals surface area contributed by atoms with Gasteiger partial charge in [0.1, 0.15) is 12.4 Å². The Balaban J connectivity index is 1.77. The number of rotatable bonds is 8. The van der Waals surface area contributed by atoms with E-state index in [0.717, 1.165) is 22.2 Å². The molecule has 2 amide bonds. The third kappa shape index (κ3) is 6.39. The molecule has 0 heterocycles. The quantitative estimate of drug-likeness (QED) is 0.526. The Morgan fingerprint density at radius 1 is 0.970 bits per heavy atom. The van der Waals surface area contributed by atoms with Crippen LogP contribution in [0.15, 0.2) is 78.9 Å². The highest BCUT2D eigenvalue weighted by atomic mass is 32.2. The van der Waals surface area contributed by atoms with E-state index in [1.807, 2.05) is 37.3 Å². The minimum atomic E-state index is -3.87. The van der Waals surface area contributed by atoms with Gasteiger partial charge in [-0.3, -0.25) is 13.9 Å². The molecule has 0 aliphatic rings. The average molecular weight is 470 g/mol. The molecule has 0 radical (unpaired) electrons. The zero-order valence-corrected chi connectivity index (χ0v) is 19.0. The number of benzene rings is 3. The number of para-hydroxylation sites is 1. The maximum atomic E-state index is 13.6. The van der Waals surface area contributed by atoms with Gasteiger partial charge in [0.15, 0.2) is 0 Å². The first-order valence-electron chi connectivity index (χ1n) is 10.1. The van der Waals surface area contributed by atoms with Crippen molar-refractivity contribution in [2.45, 2.75) is 13.0 Å². The molecule has 2 N–H and O–H groups in total. The molecule has 0 aliphatic heterocycles. The second-order valence-corrected chi connectivity index (χ2v) is 9.36. The van der Waals surface area contributed by atoms with Crippen molar-refractivity contribution in [3.63, 3.8) is 0 Å². The molecule has 0 saturated heterocycles. The normalized spacial score (nSPS) is 12.0. The second-order valence-electron chi connectivity index (χ2n) is 7.45. The van der Waals surface area contributed by atoms with Gasteiger partial charge in [0.2, 0.25) is 15.9 Å². The number of nitrogens with zero attached hydrogens (tertiary/aromatic N) is 1. The van der Waals surface area contributed by atoms with E-state index in [0.29, 0.717) is 0 Å². The first-order chi connectivity index (χ1) is 15.6. The van der Waals surface area contributed by atoms with Gasteiger partial charge in [-0.15, -0.1) is 0 Å². The van der Waals surface area contributed by atoms with Crippen LogP contribution in [-0.2, 0) is 14.8 Å². The van der Waals surface area contributed by atoms with Crippen molar-refractivity contribution in [2.24, 2.45) is 0 Å². The van der Waals surface area contributed by atoms with E-state index in [1.54, 1.807) is 24.3 Å². The summed E-state index contributed by atoms with van der Waals surface area (Å²) in [5, 5.41) is 5.48. The zero-order valence-electron chi connectivity index (χ0n) is 18.2. The Labute approximate surface area is 192 Å². The minimum absolute atomic E-state index is 0.0235. The lowest BCUT2D eigenvalue weighted by Gasteiger charge is -2.22. The van der Waals surface area contributed by atoms with Gasteiger partial charge < -0.3 is 10.6 Å². The van der Waals surface area contributed by atoms with Crippen molar-refractivity contribution in [2.75, 3.05) is 22.4 Å². The van der Waals surface area contributed by atoms with Gasteiger partial charge in [-0.1, -0.05) is 48.5 Å². The summed E-state index contributed by atoms with van der Waals surface area (Å²) in [6.07, 6.45) is 0.928. The van der Waals surface area contributed by atoms with Crippen molar-refractivity contribution in [1.82, 2.24) is 5.32 Å². The van der Waals surface area contributed by atoms with Gasteiger partial charge in [-0.25, -0.2) is 12.8 Å². The topological polar surface area (TPSA) is 95.6 Å². The highest BCUT2D eigenvalue weighted by Crippen LogP contribution is 2.21. The Bertz CT molecular complexity index is 1250. The van der Waals surface area contributed by atoms with Gasteiger partial charge in [0.05, 0.1) is 29.2 Å². The molecule has 3 aromatic carbocycles. The van der Waals surface area contributed by atoms with Crippen LogP contribution in [0.25, 0.3) is 0 Å². The molecular weight excluding hydrogens is 445 g/mol. The molecule has 0 aromatic heterocycles. The third-order valence-electron chi connectivity index (χ3n) is 4.88. The van der Waals surface area contributed by atoms with Crippen molar-refractivity contribution in [3.8, 4) is 0 Å². The van der Waals surface area contributed by atoms with Gasteiger partial charge >= 0.3 is 0 Å². The number of sulfonamides is 1. The molecule has 0 unspecified atom stereocenters. The van der Waals surface area contributed by atoms with Crippen molar-refractivity contribution < 1.29 is 22.4 Å². The summed E-state index contributed by atoms with van der Waals surface area (Å²) in [6.45, 7) is 1.26. The lowest BCUT2D eigenvalue weighted by molar-refractivity contribution is -0.114. The molecule has 0 saturated carbocycles. The molecule has 0 bridgehead atoms. The monoisotopic (exact) mass is 469 g/mol. The first-order valence-corrected chi connectivity index (χ1v) is 12.0. The van der Waals surface area contributed by atoms with Crippen LogP contribution in [0.4, 0.5) is 15.8 Å². The average Bonchev–Trinajstić information content (AvgIpc) is 2.77. The molecule has 0 spiro atoms.